The number of carbonyl (C=O) groups excluding carboxylic acids is 3. The first kappa shape index (κ1) is 17.9. The van der Waals surface area contributed by atoms with Crippen LogP contribution in [0.15, 0.2) is 46.9 Å². The van der Waals surface area contributed by atoms with E-state index in [0.717, 1.165) is 47.6 Å². The highest BCUT2D eigenvalue weighted by molar-refractivity contribution is 6.07. The van der Waals surface area contributed by atoms with Crippen LogP contribution in [0.1, 0.15) is 32.1 Å². The van der Waals surface area contributed by atoms with Crippen LogP contribution < -0.4 is 5.32 Å². The molecule has 2 fully saturated rings. The van der Waals surface area contributed by atoms with Crippen molar-refractivity contribution in [1.82, 2.24) is 4.90 Å². The van der Waals surface area contributed by atoms with E-state index in [1.807, 2.05) is 36.4 Å². The molecule has 0 spiro atoms. The lowest BCUT2D eigenvalue weighted by atomic mass is 9.81. The minimum Gasteiger partial charge on any atom is -0.456 e. The smallest absolute Gasteiger partial charge is 0.233 e. The molecule has 6 heteroatoms. The van der Waals surface area contributed by atoms with Gasteiger partial charge in [0.2, 0.25) is 17.7 Å². The summed E-state index contributed by atoms with van der Waals surface area (Å²) in [5.74, 6) is -0.752. The number of nitrogens with zero attached hydrogens (tertiary/aromatic N) is 1. The van der Waals surface area contributed by atoms with Gasteiger partial charge in [-0.2, -0.15) is 0 Å². The van der Waals surface area contributed by atoms with Gasteiger partial charge in [-0.15, -0.1) is 0 Å². The number of para-hydroxylation sites is 1. The number of nitrogens with one attached hydrogen (secondary N) is 1. The zero-order valence-corrected chi connectivity index (χ0v) is 16.0. The van der Waals surface area contributed by atoms with Gasteiger partial charge >= 0.3 is 0 Å². The molecule has 0 bridgehead atoms. The van der Waals surface area contributed by atoms with Gasteiger partial charge in [0.1, 0.15) is 11.2 Å². The molecule has 1 aliphatic heterocycles. The van der Waals surface area contributed by atoms with E-state index in [4.69, 9.17) is 4.42 Å². The second-order valence-electron chi connectivity index (χ2n) is 7.93. The Morgan fingerprint density at radius 2 is 1.66 bits per heavy atom. The number of likely N-dealkylation sites (tertiary alicyclic amines) is 1. The van der Waals surface area contributed by atoms with E-state index in [1.54, 1.807) is 6.07 Å². The first-order chi connectivity index (χ1) is 14.1. The number of fused-ring (bicyclic) bond motifs is 4. The van der Waals surface area contributed by atoms with Crippen LogP contribution in [0.2, 0.25) is 0 Å². The minimum absolute atomic E-state index is 0.0983. The molecular weight excluding hydrogens is 368 g/mol. The number of amides is 3. The third kappa shape index (κ3) is 3.09. The van der Waals surface area contributed by atoms with Crippen molar-refractivity contribution in [1.29, 1.82) is 0 Å². The van der Waals surface area contributed by atoms with Gasteiger partial charge in [-0.3, -0.25) is 19.3 Å². The van der Waals surface area contributed by atoms with Gasteiger partial charge in [-0.1, -0.05) is 31.0 Å². The van der Waals surface area contributed by atoms with Crippen LogP contribution in [0.25, 0.3) is 21.9 Å². The Kier molecular flexibility index (Phi) is 4.34. The molecule has 1 aliphatic carbocycles. The van der Waals surface area contributed by atoms with Crippen molar-refractivity contribution in [3.63, 3.8) is 0 Å². The Bertz CT molecular complexity index is 1110. The molecule has 0 unspecified atom stereocenters. The van der Waals surface area contributed by atoms with Crippen LogP contribution in [0, 0.1) is 11.8 Å². The van der Waals surface area contributed by atoms with E-state index in [-0.39, 0.29) is 42.5 Å². The van der Waals surface area contributed by atoms with E-state index < -0.39 is 0 Å². The molecule has 5 rings (SSSR count). The molecule has 1 saturated heterocycles. The van der Waals surface area contributed by atoms with Gasteiger partial charge in [-0.25, -0.2) is 0 Å². The van der Waals surface area contributed by atoms with E-state index in [2.05, 4.69) is 5.32 Å². The van der Waals surface area contributed by atoms with Crippen LogP contribution >= 0.6 is 0 Å². The maximum atomic E-state index is 12.5. The Labute approximate surface area is 167 Å². The number of furan rings is 1. The minimum atomic E-state index is -0.215. The predicted molar refractivity (Wildman–Crippen MR) is 109 cm³/mol. The Balaban J connectivity index is 1.27. The lowest BCUT2D eigenvalue weighted by Crippen LogP contribution is -2.34. The molecule has 1 saturated carbocycles. The Morgan fingerprint density at radius 3 is 2.41 bits per heavy atom. The molecule has 1 N–H and O–H groups in total. The third-order valence-electron chi connectivity index (χ3n) is 6.16. The number of benzene rings is 2. The molecule has 0 radical (unpaired) electrons. The summed E-state index contributed by atoms with van der Waals surface area (Å²) in [7, 11) is 0. The summed E-state index contributed by atoms with van der Waals surface area (Å²) in [6.07, 6.45) is 3.67. The monoisotopic (exact) mass is 390 g/mol. The van der Waals surface area contributed by atoms with Crippen LogP contribution in [0.3, 0.4) is 0 Å². The molecule has 148 valence electrons. The molecule has 2 aromatic carbocycles. The number of imide groups is 1. The lowest BCUT2D eigenvalue weighted by Gasteiger charge is -2.19. The van der Waals surface area contributed by atoms with Crippen LogP contribution in [-0.2, 0) is 14.4 Å². The van der Waals surface area contributed by atoms with Crippen molar-refractivity contribution in [2.24, 2.45) is 11.8 Å². The number of hydrogen-bond donors (Lipinski definition) is 1. The first-order valence-corrected chi connectivity index (χ1v) is 10.2. The average Bonchev–Trinajstić information content (AvgIpc) is 3.22. The van der Waals surface area contributed by atoms with Gasteiger partial charge in [0.25, 0.3) is 0 Å². The van der Waals surface area contributed by atoms with Crippen molar-refractivity contribution >= 4 is 45.3 Å². The number of hydrogen-bond acceptors (Lipinski definition) is 4. The molecule has 3 aromatic rings. The van der Waals surface area contributed by atoms with Crippen LogP contribution in [0.4, 0.5) is 5.69 Å². The summed E-state index contributed by atoms with van der Waals surface area (Å²) in [6, 6.07) is 13.3. The second-order valence-corrected chi connectivity index (χ2v) is 7.93. The molecule has 2 aliphatic rings. The largest absolute Gasteiger partial charge is 0.456 e. The van der Waals surface area contributed by atoms with Gasteiger partial charge in [-0.05, 0) is 37.1 Å². The molecule has 3 amide bonds. The predicted octanol–water partition coefficient (Wildman–Crippen LogP) is 4.09. The van der Waals surface area contributed by atoms with E-state index in [9.17, 15) is 14.4 Å². The molecule has 29 heavy (non-hydrogen) atoms. The molecule has 2 heterocycles. The Hall–Kier alpha value is -3.15. The summed E-state index contributed by atoms with van der Waals surface area (Å²) in [5, 5.41) is 4.81. The normalized spacial score (nSPS) is 21.7. The Morgan fingerprint density at radius 1 is 0.966 bits per heavy atom. The van der Waals surface area contributed by atoms with Crippen molar-refractivity contribution in [3.05, 3.63) is 42.5 Å². The highest BCUT2D eigenvalue weighted by Crippen LogP contribution is 2.38. The van der Waals surface area contributed by atoms with E-state index >= 15 is 0 Å². The number of rotatable bonds is 4. The number of anilines is 1. The molecule has 2 atom stereocenters. The average molecular weight is 390 g/mol. The summed E-state index contributed by atoms with van der Waals surface area (Å²) >= 11 is 0. The van der Waals surface area contributed by atoms with Gasteiger partial charge in [0, 0.05) is 29.4 Å². The van der Waals surface area contributed by atoms with Crippen molar-refractivity contribution in [2.75, 3.05) is 11.9 Å². The maximum absolute atomic E-state index is 12.5. The lowest BCUT2D eigenvalue weighted by molar-refractivity contribution is -0.140. The van der Waals surface area contributed by atoms with Crippen LogP contribution in [0.5, 0.6) is 0 Å². The van der Waals surface area contributed by atoms with Crippen molar-refractivity contribution < 1.29 is 18.8 Å². The first-order valence-electron chi connectivity index (χ1n) is 10.2. The summed E-state index contributed by atoms with van der Waals surface area (Å²) < 4.78 is 5.80. The zero-order valence-electron chi connectivity index (χ0n) is 16.0. The van der Waals surface area contributed by atoms with E-state index in [1.165, 1.54) is 4.90 Å². The van der Waals surface area contributed by atoms with Gasteiger partial charge in [0.15, 0.2) is 0 Å². The van der Waals surface area contributed by atoms with E-state index in [0.29, 0.717) is 5.69 Å². The summed E-state index contributed by atoms with van der Waals surface area (Å²) in [5.41, 5.74) is 2.24. The maximum Gasteiger partial charge on any atom is 0.233 e. The van der Waals surface area contributed by atoms with Crippen molar-refractivity contribution in [3.8, 4) is 0 Å². The molecular formula is C23H22N2O4. The topological polar surface area (TPSA) is 79.6 Å². The highest BCUT2D eigenvalue weighted by atomic mass is 16.3. The number of carbonyl (C=O) groups is 3. The van der Waals surface area contributed by atoms with Gasteiger partial charge in [0.05, 0.1) is 11.8 Å². The quantitative estimate of drug-likeness (QED) is 0.681. The van der Waals surface area contributed by atoms with Crippen LogP contribution in [-0.4, -0.2) is 29.2 Å². The standard InChI is InChI=1S/C23H22N2O4/c26-21(11-12-25-22(27)16-6-1-2-7-17(16)23(25)28)24-14-9-10-20-18(13-14)15-5-3-4-8-19(15)29-20/h3-5,8-10,13,16-17H,1-2,6-7,11-12H2,(H,24,26)/t16-,17-/m0/s1. The summed E-state index contributed by atoms with van der Waals surface area (Å²) in [6.45, 7) is 0.146. The highest BCUT2D eigenvalue weighted by Gasteiger charge is 2.47. The molecule has 6 nitrogen and oxygen atoms in total. The summed E-state index contributed by atoms with van der Waals surface area (Å²) in [4.78, 5) is 38.8. The van der Waals surface area contributed by atoms with Gasteiger partial charge < -0.3 is 9.73 Å². The fourth-order valence-electron chi connectivity index (χ4n) is 4.69. The van der Waals surface area contributed by atoms with Crippen molar-refractivity contribution in [2.45, 2.75) is 32.1 Å². The third-order valence-corrected chi connectivity index (χ3v) is 6.16. The fraction of sp³-hybridized carbons (Fsp3) is 0.348. The SMILES string of the molecule is O=C(CCN1C(=O)[C@H]2CCCC[C@@H]2C1=O)Nc1ccc2oc3ccccc3c2c1. The zero-order chi connectivity index (χ0) is 20.0. The second kappa shape index (κ2) is 7.03. The molecule has 1 aromatic heterocycles. The fourth-order valence-corrected chi connectivity index (χ4v) is 4.69.